The van der Waals surface area contributed by atoms with Gasteiger partial charge in [-0.25, -0.2) is 0 Å². The quantitative estimate of drug-likeness (QED) is 0.396. The summed E-state index contributed by atoms with van der Waals surface area (Å²) >= 11 is 0. The molecule has 0 aliphatic carbocycles. The molecular weight excluding hydrogens is 114 g/mol. The summed E-state index contributed by atoms with van der Waals surface area (Å²) in [4.78, 5) is 1.70. The third-order valence-corrected chi connectivity index (χ3v) is 1.44. The lowest BCUT2D eigenvalue weighted by atomic mass is 10.2. The largest absolute Gasteiger partial charge is 0.324 e. The smallest absolute Gasteiger partial charge is 0.0870 e. The molecule has 0 spiro atoms. The third kappa shape index (κ3) is 1.29. The van der Waals surface area contributed by atoms with E-state index in [1.165, 1.54) is 6.34 Å². The number of nitrogens with zero attached hydrogens (tertiary/aromatic N) is 1. The average Bonchev–Trinajstić information content (AvgIpc) is 1.89. The molecule has 0 aromatic heterocycles. The van der Waals surface area contributed by atoms with E-state index < -0.39 is 0 Å². The van der Waals surface area contributed by atoms with Crippen molar-refractivity contribution in [2.75, 3.05) is 0 Å². The highest BCUT2D eigenvalue weighted by Gasteiger charge is 2.09. The zero-order valence-corrected chi connectivity index (χ0v) is 5.25. The molecule has 1 rings (SSSR count). The summed E-state index contributed by atoms with van der Waals surface area (Å²) in [6.45, 7) is 0. The van der Waals surface area contributed by atoms with Crippen LogP contribution in [0.3, 0.4) is 0 Å². The first-order valence-electron chi connectivity index (χ1n) is 3.05. The van der Waals surface area contributed by atoms with Gasteiger partial charge in [0.25, 0.3) is 0 Å². The molecule has 1 atom stereocenters. The van der Waals surface area contributed by atoms with Gasteiger partial charge in [-0.05, 0) is 12.8 Å². The molecule has 0 saturated heterocycles. The number of nitrogens with one attached hydrogen (secondary N) is 1. The second kappa shape index (κ2) is 2.64. The van der Waals surface area contributed by atoms with Gasteiger partial charge in [-0.3, -0.25) is 5.41 Å². The maximum atomic E-state index is 6.90. The van der Waals surface area contributed by atoms with Crippen LogP contribution in [0.4, 0.5) is 0 Å². The Morgan fingerprint density at radius 2 is 2.56 bits per heavy atom. The Hall–Kier alpha value is -0.830. The van der Waals surface area contributed by atoms with Gasteiger partial charge in [0.15, 0.2) is 0 Å². The molecule has 0 aromatic rings. The van der Waals surface area contributed by atoms with E-state index in [0.717, 1.165) is 12.8 Å². The number of hydrogen-bond donors (Lipinski definition) is 2. The van der Waals surface area contributed by atoms with Gasteiger partial charge in [-0.15, -0.1) is 0 Å². The summed E-state index contributed by atoms with van der Waals surface area (Å²) in [5.41, 5.74) is 5.61. The van der Waals surface area contributed by atoms with E-state index in [0.29, 0.717) is 0 Å². The molecule has 3 heteroatoms. The first-order valence-corrected chi connectivity index (χ1v) is 3.05. The van der Waals surface area contributed by atoms with Crippen LogP contribution >= 0.6 is 0 Å². The summed E-state index contributed by atoms with van der Waals surface area (Å²) < 4.78 is 0. The van der Waals surface area contributed by atoms with Crippen molar-refractivity contribution >= 4 is 6.34 Å². The predicted octanol–water partition coefficient (Wildman–Crippen LogP) is 0.488. The molecule has 1 unspecified atom stereocenters. The Labute approximate surface area is 54.7 Å². The topological polar surface area (TPSA) is 53.1 Å². The molecule has 1 aliphatic rings. The fraction of sp³-hybridized carbons (Fsp3) is 0.500. The van der Waals surface area contributed by atoms with Crippen LogP contribution in [0.1, 0.15) is 12.8 Å². The van der Waals surface area contributed by atoms with Gasteiger partial charge >= 0.3 is 0 Å². The molecule has 0 amide bonds. The second-order valence-electron chi connectivity index (χ2n) is 2.11. The maximum absolute atomic E-state index is 6.90. The fourth-order valence-corrected chi connectivity index (χ4v) is 0.862. The van der Waals surface area contributed by atoms with E-state index in [-0.39, 0.29) is 6.17 Å². The molecule has 0 saturated carbocycles. The Balaban J connectivity index is 2.56. The SMILES string of the molecule is N=CN1C=CCCC1N. The second-order valence-corrected chi connectivity index (χ2v) is 2.11. The number of hydrogen-bond acceptors (Lipinski definition) is 2. The average molecular weight is 125 g/mol. The van der Waals surface area contributed by atoms with Crippen molar-refractivity contribution in [1.82, 2.24) is 4.90 Å². The minimum atomic E-state index is 0.0208. The minimum absolute atomic E-state index is 0.0208. The highest BCUT2D eigenvalue weighted by atomic mass is 15.2. The lowest BCUT2D eigenvalue weighted by Gasteiger charge is -2.25. The Morgan fingerprint density at radius 3 is 3.00 bits per heavy atom. The van der Waals surface area contributed by atoms with Crippen LogP contribution in [-0.2, 0) is 0 Å². The summed E-state index contributed by atoms with van der Waals surface area (Å²) in [5.74, 6) is 0. The molecule has 3 nitrogen and oxygen atoms in total. The molecule has 0 radical (unpaired) electrons. The monoisotopic (exact) mass is 125 g/mol. The molecule has 0 fully saturated rings. The number of allylic oxidation sites excluding steroid dienone is 1. The Kier molecular flexibility index (Phi) is 1.85. The summed E-state index contributed by atoms with van der Waals surface area (Å²) in [6.07, 6.45) is 7.13. The highest BCUT2D eigenvalue weighted by Crippen LogP contribution is 2.07. The van der Waals surface area contributed by atoms with E-state index in [1.54, 1.807) is 4.90 Å². The normalized spacial score (nSPS) is 26.3. The van der Waals surface area contributed by atoms with Crippen LogP contribution in [-0.4, -0.2) is 17.4 Å². The molecule has 0 bridgehead atoms. The first-order chi connectivity index (χ1) is 4.34. The van der Waals surface area contributed by atoms with E-state index in [9.17, 15) is 0 Å². The predicted molar refractivity (Wildman–Crippen MR) is 37.0 cm³/mol. The Morgan fingerprint density at radius 1 is 1.78 bits per heavy atom. The first kappa shape index (κ1) is 6.29. The van der Waals surface area contributed by atoms with Crippen LogP contribution in [0.25, 0.3) is 0 Å². The summed E-state index contributed by atoms with van der Waals surface area (Å²) in [6, 6.07) is 0. The lowest BCUT2D eigenvalue weighted by molar-refractivity contribution is 0.377. The van der Waals surface area contributed by atoms with Gasteiger partial charge < -0.3 is 10.6 Å². The van der Waals surface area contributed by atoms with E-state index >= 15 is 0 Å². The minimum Gasteiger partial charge on any atom is -0.324 e. The van der Waals surface area contributed by atoms with E-state index in [4.69, 9.17) is 11.1 Å². The van der Waals surface area contributed by atoms with Crippen LogP contribution < -0.4 is 5.73 Å². The van der Waals surface area contributed by atoms with Crippen molar-refractivity contribution in [1.29, 1.82) is 5.41 Å². The van der Waals surface area contributed by atoms with Gasteiger partial charge in [-0.1, -0.05) is 6.08 Å². The molecular formula is C6H11N3. The zero-order chi connectivity index (χ0) is 6.69. The van der Waals surface area contributed by atoms with Crippen molar-refractivity contribution in [2.24, 2.45) is 5.73 Å². The van der Waals surface area contributed by atoms with Gasteiger partial charge in [-0.2, -0.15) is 0 Å². The van der Waals surface area contributed by atoms with Gasteiger partial charge in [0.05, 0.1) is 12.5 Å². The lowest BCUT2D eigenvalue weighted by Crippen LogP contribution is -2.38. The van der Waals surface area contributed by atoms with Gasteiger partial charge in [0.1, 0.15) is 0 Å². The molecule has 0 aromatic carbocycles. The molecule has 1 aliphatic heterocycles. The van der Waals surface area contributed by atoms with Gasteiger partial charge in [0, 0.05) is 6.20 Å². The van der Waals surface area contributed by atoms with Crippen molar-refractivity contribution in [2.45, 2.75) is 19.0 Å². The Bertz CT molecular complexity index is 130. The molecule has 3 N–H and O–H groups in total. The van der Waals surface area contributed by atoms with E-state index in [2.05, 4.69) is 0 Å². The van der Waals surface area contributed by atoms with Crippen molar-refractivity contribution < 1.29 is 0 Å². The molecule has 50 valence electrons. The van der Waals surface area contributed by atoms with Crippen LogP contribution in [0.15, 0.2) is 12.3 Å². The van der Waals surface area contributed by atoms with Crippen LogP contribution in [0.2, 0.25) is 0 Å². The number of nitrogens with two attached hydrogens (primary N) is 1. The van der Waals surface area contributed by atoms with Crippen LogP contribution in [0.5, 0.6) is 0 Å². The van der Waals surface area contributed by atoms with Crippen molar-refractivity contribution in [3.05, 3.63) is 12.3 Å². The molecule has 1 heterocycles. The van der Waals surface area contributed by atoms with Crippen molar-refractivity contribution in [3.8, 4) is 0 Å². The van der Waals surface area contributed by atoms with Gasteiger partial charge in [0.2, 0.25) is 0 Å². The van der Waals surface area contributed by atoms with E-state index in [1.807, 2.05) is 12.3 Å². The maximum Gasteiger partial charge on any atom is 0.0870 e. The van der Waals surface area contributed by atoms with Crippen molar-refractivity contribution in [3.63, 3.8) is 0 Å². The summed E-state index contributed by atoms with van der Waals surface area (Å²) in [7, 11) is 0. The van der Waals surface area contributed by atoms with Crippen LogP contribution in [0, 0.1) is 5.41 Å². The molecule has 9 heavy (non-hydrogen) atoms. The summed E-state index contributed by atoms with van der Waals surface area (Å²) in [5, 5.41) is 6.90. The number of rotatable bonds is 1. The standard InChI is InChI=1S/C6H11N3/c7-5-9-4-2-1-3-6(9)8/h2,4-7H,1,3,8H2. The highest BCUT2D eigenvalue weighted by molar-refractivity contribution is 5.53. The third-order valence-electron chi connectivity index (χ3n) is 1.44. The zero-order valence-electron chi connectivity index (χ0n) is 5.25. The fourth-order valence-electron chi connectivity index (χ4n) is 0.862.